The molecule has 1 aliphatic heterocycles. The maximum Gasteiger partial charge on any atom is 0.125 e. The van der Waals surface area contributed by atoms with E-state index >= 15 is 0 Å². The van der Waals surface area contributed by atoms with Crippen molar-refractivity contribution in [2.75, 3.05) is 31.5 Å². The van der Waals surface area contributed by atoms with Gasteiger partial charge < -0.3 is 10.2 Å². The third-order valence-corrected chi connectivity index (χ3v) is 3.23. The van der Waals surface area contributed by atoms with Crippen LogP contribution in [-0.4, -0.2) is 36.1 Å². The Morgan fingerprint density at radius 3 is 3.06 bits per heavy atom. The van der Waals surface area contributed by atoms with Gasteiger partial charge in [0.2, 0.25) is 0 Å². The van der Waals surface area contributed by atoms with Gasteiger partial charge in [0.1, 0.15) is 5.82 Å². The minimum Gasteiger partial charge on any atom is -0.370 e. The normalized spacial score (nSPS) is 21.0. The maximum atomic E-state index is 4.28. The summed E-state index contributed by atoms with van der Waals surface area (Å²) in [7, 11) is 0. The fraction of sp³-hybridized carbons (Fsp3) is 0.643. The minimum atomic E-state index is 0.774. The zero-order valence-corrected chi connectivity index (χ0v) is 10.9. The van der Waals surface area contributed by atoms with Crippen LogP contribution in [0, 0.1) is 11.8 Å². The lowest BCUT2D eigenvalue weighted by Crippen LogP contribution is -2.26. The molecule has 1 N–H and O–H groups in total. The zero-order chi connectivity index (χ0) is 12.1. The van der Waals surface area contributed by atoms with Gasteiger partial charge in [-0.05, 0) is 36.9 Å². The molecular weight excluding hydrogens is 210 g/mol. The molecule has 94 valence electrons. The summed E-state index contributed by atoms with van der Waals surface area (Å²) in [6, 6.07) is 6.00. The smallest absolute Gasteiger partial charge is 0.125 e. The van der Waals surface area contributed by atoms with E-state index in [1.807, 2.05) is 24.4 Å². The maximum absolute atomic E-state index is 4.28. The van der Waals surface area contributed by atoms with E-state index in [4.69, 9.17) is 0 Å². The standard InChI is InChI=1S/C14H23N3/c1-12(2)10-17-8-6-13(11-17)9-16-14-5-3-4-7-15-14/h3-5,7,12-13H,6,8-11H2,1-2H3,(H,15,16)/t13-/m0/s1. The fourth-order valence-corrected chi connectivity index (χ4v) is 2.48. The molecule has 1 saturated heterocycles. The number of anilines is 1. The molecule has 0 unspecified atom stereocenters. The summed E-state index contributed by atoms with van der Waals surface area (Å²) in [5.41, 5.74) is 0. The summed E-state index contributed by atoms with van der Waals surface area (Å²) < 4.78 is 0. The Kier molecular flexibility index (Phi) is 4.37. The molecule has 0 aromatic carbocycles. The molecule has 0 amide bonds. The summed E-state index contributed by atoms with van der Waals surface area (Å²) in [6.45, 7) is 9.36. The van der Waals surface area contributed by atoms with Crippen LogP contribution in [0.25, 0.3) is 0 Å². The number of hydrogen-bond donors (Lipinski definition) is 1. The third kappa shape index (κ3) is 4.00. The SMILES string of the molecule is CC(C)CN1CC[C@@H](CNc2ccccn2)C1. The molecule has 1 aromatic rings. The van der Waals surface area contributed by atoms with Crippen molar-refractivity contribution in [1.82, 2.24) is 9.88 Å². The zero-order valence-electron chi connectivity index (χ0n) is 10.9. The van der Waals surface area contributed by atoms with Gasteiger partial charge in [0, 0.05) is 25.8 Å². The van der Waals surface area contributed by atoms with Crippen molar-refractivity contribution in [2.45, 2.75) is 20.3 Å². The predicted octanol–water partition coefficient (Wildman–Crippen LogP) is 2.47. The molecule has 0 bridgehead atoms. The van der Waals surface area contributed by atoms with Gasteiger partial charge in [-0.15, -0.1) is 0 Å². The van der Waals surface area contributed by atoms with E-state index in [1.54, 1.807) is 0 Å². The molecule has 3 nitrogen and oxygen atoms in total. The topological polar surface area (TPSA) is 28.2 Å². The summed E-state index contributed by atoms with van der Waals surface area (Å²) in [5, 5.41) is 3.42. The number of likely N-dealkylation sites (tertiary alicyclic amines) is 1. The molecule has 1 aliphatic rings. The highest BCUT2D eigenvalue weighted by Crippen LogP contribution is 2.17. The molecule has 2 heterocycles. The van der Waals surface area contributed by atoms with Crippen molar-refractivity contribution in [3.63, 3.8) is 0 Å². The first-order valence-corrected chi connectivity index (χ1v) is 6.61. The van der Waals surface area contributed by atoms with Crippen molar-refractivity contribution in [1.29, 1.82) is 0 Å². The Labute approximate surface area is 104 Å². The highest BCUT2D eigenvalue weighted by atomic mass is 15.2. The first-order chi connectivity index (χ1) is 8.24. The van der Waals surface area contributed by atoms with Crippen molar-refractivity contribution < 1.29 is 0 Å². The lowest BCUT2D eigenvalue weighted by molar-refractivity contribution is 0.289. The van der Waals surface area contributed by atoms with Crippen LogP contribution < -0.4 is 5.32 Å². The monoisotopic (exact) mass is 233 g/mol. The largest absolute Gasteiger partial charge is 0.370 e. The van der Waals surface area contributed by atoms with Gasteiger partial charge >= 0.3 is 0 Å². The molecule has 1 atom stereocenters. The number of pyridine rings is 1. The lowest BCUT2D eigenvalue weighted by atomic mass is 10.1. The van der Waals surface area contributed by atoms with Crippen molar-refractivity contribution in [3.8, 4) is 0 Å². The van der Waals surface area contributed by atoms with Gasteiger partial charge in [-0.2, -0.15) is 0 Å². The highest BCUT2D eigenvalue weighted by Gasteiger charge is 2.22. The second kappa shape index (κ2) is 6.01. The molecule has 2 rings (SSSR count). The Hall–Kier alpha value is -1.09. The van der Waals surface area contributed by atoms with E-state index in [-0.39, 0.29) is 0 Å². The van der Waals surface area contributed by atoms with Crippen molar-refractivity contribution in [3.05, 3.63) is 24.4 Å². The number of hydrogen-bond acceptors (Lipinski definition) is 3. The Bertz CT molecular complexity index is 323. The predicted molar refractivity (Wildman–Crippen MR) is 72.1 cm³/mol. The van der Waals surface area contributed by atoms with Crippen LogP contribution in [0.1, 0.15) is 20.3 Å². The first kappa shape index (κ1) is 12.4. The van der Waals surface area contributed by atoms with Crippen LogP contribution in [0.4, 0.5) is 5.82 Å². The average molecular weight is 233 g/mol. The minimum absolute atomic E-state index is 0.774. The number of nitrogens with one attached hydrogen (secondary N) is 1. The summed E-state index contributed by atoms with van der Waals surface area (Å²) in [5.74, 6) is 2.54. The van der Waals surface area contributed by atoms with Gasteiger partial charge in [0.15, 0.2) is 0 Å². The van der Waals surface area contributed by atoms with Crippen molar-refractivity contribution >= 4 is 5.82 Å². The van der Waals surface area contributed by atoms with Crippen LogP contribution in [0.15, 0.2) is 24.4 Å². The second-order valence-corrected chi connectivity index (χ2v) is 5.40. The van der Waals surface area contributed by atoms with E-state index in [0.717, 1.165) is 24.2 Å². The molecule has 3 heteroatoms. The number of nitrogens with zero attached hydrogens (tertiary/aromatic N) is 2. The van der Waals surface area contributed by atoms with Gasteiger partial charge in [0.05, 0.1) is 0 Å². The van der Waals surface area contributed by atoms with E-state index in [9.17, 15) is 0 Å². The lowest BCUT2D eigenvalue weighted by Gasteiger charge is -2.18. The van der Waals surface area contributed by atoms with E-state index in [0.29, 0.717) is 0 Å². The molecule has 0 saturated carbocycles. The van der Waals surface area contributed by atoms with Crippen LogP contribution in [0.5, 0.6) is 0 Å². The van der Waals surface area contributed by atoms with Gasteiger partial charge in [0.25, 0.3) is 0 Å². The second-order valence-electron chi connectivity index (χ2n) is 5.40. The van der Waals surface area contributed by atoms with E-state index in [1.165, 1.54) is 26.1 Å². The molecular formula is C14H23N3. The molecule has 0 radical (unpaired) electrons. The molecule has 17 heavy (non-hydrogen) atoms. The Morgan fingerprint density at radius 2 is 2.35 bits per heavy atom. The first-order valence-electron chi connectivity index (χ1n) is 6.61. The third-order valence-electron chi connectivity index (χ3n) is 3.23. The fourth-order valence-electron chi connectivity index (χ4n) is 2.48. The molecule has 1 aromatic heterocycles. The molecule has 0 aliphatic carbocycles. The molecule has 1 fully saturated rings. The number of rotatable bonds is 5. The van der Waals surface area contributed by atoms with Crippen LogP contribution in [0.3, 0.4) is 0 Å². The average Bonchev–Trinajstić information content (AvgIpc) is 2.75. The number of aromatic nitrogens is 1. The Balaban J connectivity index is 1.71. The van der Waals surface area contributed by atoms with E-state index in [2.05, 4.69) is 29.0 Å². The van der Waals surface area contributed by atoms with Crippen LogP contribution in [-0.2, 0) is 0 Å². The van der Waals surface area contributed by atoms with Crippen LogP contribution >= 0.6 is 0 Å². The summed E-state index contributed by atoms with van der Waals surface area (Å²) >= 11 is 0. The summed E-state index contributed by atoms with van der Waals surface area (Å²) in [4.78, 5) is 6.86. The van der Waals surface area contributed by atoms with Gasteiger partial charge in [-0.1, -0.05) is 19.9 Å². The molecule has 0 spiro atoms. The highest BCUT2D eigenvalue weighted by molar-refractivity contribution is 5.33. The summed E-state index contributed by atoms with van der Waals surface area (Å²) in [6.07, 6.45) is 3.15. The Morgan fingerprint density at radius 1 is 1.47 bits per heavy atom. The quantitative estimate of drug-likeness (QED) is 0.847. The van der Waals surface area contributed by atoms with E-state index < -0.39 is 0 Å². The van der Waals surface area contributed by atoms with Crippen molar-refractivity contribution in [2.24, 2.45) is 11.8 Å². The van der Waals surface area contributed by atoms with Gasteiger partial charge in [-0.3, -0.25) is 0 Å². The van der Waals surface area contributed by atoms with Crippen LogP contribution in [0.2, 0.25) is 0 Å². The van der Waals surface area contributed by atoms with Gasteiger partial charge in [-0.25, -0.2) is 4.98 Å².